The predicted octanol–water partition coefficient (Wildman–Crippen LogP) is 1.65. The number of hydrogen-bond acceptors (Lipinski definition) is 7. The molecule has 8 N–H and O–H groups in total. The minimum atomic E-state index is -1.26. The lowest BCUT2D eigenvalue weighted by Gasteiger charge is -2.18. The van der Waals surface area contributed by atoms with Crippen LogP contribution in [0.1, 0.15) is 24.2 Å². The van der Waals surface area contributed by atoms with Crippen LogP contribution in [0, 0.1) is 0 Å². The van der Waals surface area contributed by atoms with Crippen molar-refractivity contribution in [3.63, 3.8) is 0 Å². The first-order valence-electron chi connectivity index (χ1n) is 8.99. The number of rotatable bonds is 8. The zero-order valence-electron chi connectivity index (χ0n) is 16.4. The van der Waals surface area contributed by atoms with Gasteiger partial charge in [-0.15, -0.1) is 0 Å². The van der Waals surface area contributed by atoms with Gasteiger partial charge in [0.25, 0.3) is 0 Å². The maximum atomic E-state index is 10.1. The third kappa shape index (κ3) is 10.1. The van der Waals surface area contributed by atoms with Crippen LogP contribution in [0.15, 0.2) is 54.6 Å². The number of carboxylic acid groups (broad SMARTS) is 2. The van der Waals surface area contributed by atoms with E-state index in [1.165, 1.54) is 23.8 Å². The first kappa shape index (κ1) is 24.5. The highest BCUT2D eigenvalue weighted by Crippen LogP contribution is 2.24. The molecular formula is C21H26N2O7. The standard InChI is InChI=1S/C17H22N2O3.C4H4O4/c1-11(6-12-2-4-14(18)5-3-12)19-10-17(22)13-7-15(20)9-16(21)8-13;5-3(6)1-2-4(7)8/h2-5,7-9,11,17,19-22H,6,10,18H2,1H3;1-2H,(H,5,6)(H,7,8)/t11-,17-;/m1./s1. The zero-order valence-corrected chi connectivity index (χ0v) is 16.4. The van der Waals surface area contributed by atoms with Gasteiger partial charge in [-0.3, -0.25) is 0 Å². The van der Waals surface area contributed by atoms with Crippen molar-refractivity contribution in [3.8, 4) is 11.5 Å². The second-order valence-electron chi connectivity index (χ2n) is 6.56. The lowest BCUT2D eigenvalue weighted by molar-refractivity contribution is -0.134. The van der Waals surface area contributed by atoms with Crippen LogP contribution in [-0.4, -0.2) is 50.1 Å². The minimum absolute atomic E-state index is 0.0658. The number of nitrogens with two attached hydrogens (primary N) is 1. The number of benzene rings is 2. The van der Waals surface area contributed by atoms with E-state index < -0.39 is 18.0 Å². The molecule has 0 aliphatic rings. The van der Waals surface area contributed by atoms with Crippen molar-refractivity contribution in [2.24, 2.45) is 0 Å². The van der Waals surface area contributed by atoms with Crippen molar-refractivity contribution in [1.29, 1.82) is 0 Å². The number of aliphatic carboxylic acids is 2. The Kier molecular flexibility index (Phi) is 9.87. The number of anilines is 1. The Morgan fingerprint density at radius 3 is 1.97 bits per heavy atom. The molecule has 2 aromatic carbocycles. The van der Waals surface area contributed by atoms with Gasteiger partial charge in [0, 0.05) is 36.5 Å². The lowest BCUT2D eigenvalue weighted by atomic mass is 10.1. The first-order chi connectivity index (χ1) is 14.1. The Hall–Kier alpha value is -3.56. The molecule has 9 nitrogen and oxygen atoms in total. The Balaban J connectivity index is 0.000000479. The monoisotopic (exact) mass is 418 g/mol. The van der Waals surface area contributed by atoms with E-state index in [2.05, 4.69) is 5.32 Å². The van der Waals surface area contributed by atoms with Crippen LogP contribution in [-0.2, 0) is 16.0 Å². The molecule has 0 heterocycles. The number of nitrogen functional groups attached to an aromatic ring is 1. The molecule has 162 valence electrons. The van der Waals surface area contributed by atoms with E-state index in [0.717, 1.165) is 12.1 Å². The fraction of sp³-hybridized carbons (Fsp3) is 0.238. The molecule has 30 heavy (non-hydrogen) atoms. The molecule has 2 rings (SSSR count). The quantitative estimate of drug-likeness (QED) is 0.248. The van der Waals surface area contributed by atoms with Gasteiger partial charge in [-0.1, -0.05) is 12.1 Å². The van der Waals surface area contributed by atoms with Gasteiger partial charge in [0.2, 0.25) is 0 Å². The van der Waals surface area contributed by atoms with Crippen LogP contribution in [0.4, 0.5) is 5.69 Å². The van der Waals surface area contributed by atoms with Crippen molar-refractivity contribution in [1.82, 2.24) is 5.32 Å². The van der Waals surface area contributed by atoms with E-state index in [-0.39, 0.29) is 17.5 Å². The molecule has 0 aliphatic heterocycles. The Labute approximate surface area is 173 Å². The van der Waals surface area contributed by atoms with Crippen LogP contribution in [0.5, 0.6) is 11.5 Å². The molecule has 0 unspecified atom stereocenters. The summed E-state index contributed by atoms with van der Waals surface area (Å²) in [4.78, 5) is 19.1. The zero-order chi connectivity index (χ0) is 22.7. The summed E-state index contributed by atoms with van der Waals surface area (Å²) in [5.74, 6) is -2.65. The highest BCUT2D eigenvalue weighted by atomic mass is 16.4. The molecule has 0 saturated carbocycles. The van der Waals surface area contributed by atoms with Crippen LogP contribution in [0.2, 0.25) is 0 Å². The number of carbonyl (C=O) groups is 2. The van der Waals surface area contributed by atoms with Crippen LogP contribution < -0.4 is 11.1 Å². The summed E-state index contributed by atoms with van der Waals surface area (Å²) in [6.45, 7) is 2.36. The molecular weight excluding hydrogens is 392 g/mol. The third-order valence-electron chi connectivity index (χ3n) is 3.86. The van der Waals surface area contributed by atoms with Crippen LogP contribution in [0.3, 0.4) is 0 Å². The second kappa shape index (κ2) is 12.1. The van der Waals surface area contributed by atoms with Gasteiger partial charge in [-0.25, -0.2) is 9.59 Å². The van der Waals surface area contributed by atoms with E-state index in [1.807, 2.05) is 31.2 Å². The number of phenolic OH excluding ortho intramolecular Hbond substituents is 2. The molecule has 0 aliphatic carbocycles. The van der Waals surface area contributed by atoms with Crippen molar-refractivity contribution in [2.75, 3.05) is 12.3 Å². The normalized spacial score (nSPS) is 12.6. The molecule has 0 saturated heterocycles. The molecule has 0 fully saturated rings. The fourth-order valence-corrected chi connectivity index (χ4v) is 2.46. The summed E-state index contributed by atoms with van der Waals surface area (Å²) in [7, 11) is 0. The molecule has 2 aromatic rings. The average Bonchev–Trinajstić information content (AvgIpc) is 2.66. The third-order valence-corrected chi connectivity index (χ3v) is 3.86. The summed E-state index contributed by atoms with van der Waals surface area (Å²) in [6.07, 6.45) is 1.13. The minimum Gasteiger partial charge on any atom is -0.508 e. The maximum Gasteiger partial charge on any atom is 0.328 e. The van der Waals surface area contributed by atoms with Gasteiger partial charge in [0.1, 0.15) is 11.5 Å². The highest BCUT2D eigenvalue weighted by Gasteiger charge is 2.12. The van der Waals surface area contributed by atoms with Gasteiger partial charge in [-0.2, -0.15) is 0 Å². The van der Waals surface area contributed by atoms with Gasteiger partial charge >= 0.3 is 11.9 Å². The lowest BCUT2D eigenvalue weighted by Crippen LogP contribution is -2.32. The SMILES string of the molecule is C[C@H](Cc1ccc(N)cc1)NC[C@@H](O)c1cc(O)cc(O)c1.O=C(O)C=CC(=O)O. The number of aliphatic hydroxyl groups is 1. The number of phenols is 2. The average molecular weight is 418 g/mol. The van der Waals surface area contributed by atoms with Crippen molar-refractivity contribution in [3.05, 3.63) is 65.7 Å². The number of aliphatic hydroxyl groups excluding tert-OH is 1. The summed E-state index contributed by atoms with van der Waals surface area (Å²) in [5.41, 5.74) is 8.04. The number of aromatic hydroxyl groups is 2. The van der Waals surface area contributed by atoms with Gasteiger partial charge in [0.15, 0.2) is 0 Å². The van der Waals surface area contributed by atoms with E-state index in [1.54, 1.807) is 0 Å². The van der Waals surface area contributed by atoms with Crippen LogP contribution >= 0.6 is 0 Å². The molecule has 0 radical (unpaired) electrons. The summed E-state index contributed by atoms with van der Waals surface area (Å²) in [6, 6.07) is 12.0. The summed E-state index contributed by atoms with van der Waals surface area (Å²) >= 11 is 0. The smallest absolute Gasteiger partial charge is 0.328 e. The number of hydrogen-bond donors (Lipinski definition) is 7. The topological polar surface area (TPSA) is 173 Å². The van der Waals surface area contributed by atoms with E-state index >= 15 is 0 Å². The fourth-order valence-electron chi connectivity index (χ4n) is 2.46. The Bertz CT molecular complexity index is 830. The molecule has 9 heteroatoms. The maximum absolute atomic E-state index is 10.1. The summed E-state index contributed by atoms with van der Waals surface area (Å²) in [5, 5.41) is 47.9. The van der Waals surface area contributed by atoms with Crippen molar-refractivity contribution >= 4 is 17.6 Å². The molecule has 0 aromatic heterocycles. The Morgan fingerprint density at radius 2 is 1.50 bits per heavy atom. The Morgan fingerprint density at radius 1 is 1.00 bits per heavy atom. The summed E-state index contributed by atoms with van der Waals surface area (Å²) < 4.78 is 0. The van der Waals surface area contributed by atoms with E-state index in [0.29, 0.717) is 24.3 Å². The van der Waals surface area contributed by atoms with Crippen molar-refractivity contribution < 1.29 is 35.1 Å². The van der Waals surface area contributed by atoms with Gasteiger partial charge < -0.3 is 36.6 Å². The van der Waals surface area contributed by atoms with E-state index in [9.17, 15) is 24.9 Å². The van der Waals surface area contributed by atoms with Crippen molar-refractivity contribution in [2.45, 2.75) is 25.5 Å². The predicted molar refractivity (Wildman–Crippen MR) is 111 cm³/mol. The largest absolute Gasteiger partial charge is 0.508 e. The first-order valence-corrected chi connectivity index (χ1v) is 8.99. The molecule has 0 bridgehead atoms. The van der Waals surface area contributed by atoms with Crippen LogP contribution in [0.25, 0.3) is 0 Å². The number of nitrogens with one attached hydrogen (secondary N) is 1. The second-order valence-corrected chi connectivity index (χ2v) is 6.56. The molecule has 0 amide bonds. The van der Waals surface area contributed by atoms with Gasteiger partial charge in [-0.05, 0) is 48.7 Å². The highest BCUT2D eigenvalue weighted by molar-refractivity contribution is 5.89. The molecule has 2 atom stereocenters. The molecule has 0 spiro atoms. The van der Waals surface area contributed by atoms with E-state index in [4.69, 9.17) is 15.9 Å². The van der Waals surface area contributed by atoms with Gasteiger partial charge in [0.05, 0.1) is 6.10 Å². The number of carboxylic acids is 2.